The molecule has 3 aromatic carbocycles. The molecule has 30 heavy (non-hydrogen) atoms. The molecule has 1 amide bonds. The quantitative estimate of drug-likeness (QED) is 0.218. The molecule has 0 aliphatic carbocycles. The van der Waals surface area contributed by atoms with Crippen LogP contribution in [0.3, 0.4) is 0 Å². The van der Waals surface area contributed by atoms with E-state index in [1.54, 1.807) is 54.6 Å². The van der Waals surface area contributed by atoms with Crippen molar-refractivity contribution in [2.45, 2.75) is 6.54 Å². The molecule has 3 aromatic rings. The van der Waals surface area contributed by atoms with Gasteiger partial charge in [-0.1, -0.05) is 18.2 Å². The Kier molecular flexibility index (Phi) is 6.12. The van der Waals surface area contributed by atoms with Gasteiger partial charge >= 0.3 is 5.97 Å². The number of nitrogens with one attached hydrogen (secondary N) is 2. The van der Waals surface area contributed by atoms with Crippen LogP contribution in [0.5, 0.6) is 0 Å². The van der Waals surface area contributed by atoms with E-state index in [-0.39, 0.29) is 18.3 Å². The number of benzene rings is 3. The Bertz CT molecular complexity index is 1110. The van der Waals surface area contributed by atoms with Gasteiger partial charge in [0.15, 0.2) is 0 Å². The van der Waals surface area contributed by atoms with Gasteiger partial charge in [0.25, 0.3) is 5.91 Å². The fourth-order valence-electron chi connectivity index (χ4n) is 2.98. The van der Waals surface area contributed by atoms with Gasteiger partial charge in [0.1, 0.15) is 5.84 Å². The molecule has 0 saturated carbocycles. The van der Waals surface area contributed by atoms with Gasteiger partial charge in [0, 0.05) is 23.4 Å². The van der Waals surface area contributed by atoms with Gasteiger partial charge in [-0.15, -0.1) is 0 Å². The Morgan fingerprint density at radius 3 is 2.30 bits per heavy atom. The van der Waals surface area contributed by atoms with Crippen molar-refractivity contribution >= 4 is 23.4 Å². The van der Waals surface area contributed by atoms with E-state index >= 15 is 0 Å². The molecule has 0 aliphatic rings. The van der Waals surface area contributed by atoms with Gasteiger partial charge in [0.05, 0.1) is 12.7 Å². The zero-order chi connectivity index (χ0) is 21.7. The summed E-state index contributed by atoms with van der Waals surface area (Å²) >= 11 is 0. The Morgan fingerprint density at radius 2 is 1.63 bits per heavy atom. The number of carbonyl (C=O) groups excluding carboxylic acids is 2. The molecule has 0 saturated heterocycles. The smallest absolute Gasteiger partial charge is 0.337 e. The Balaban J connectivity index is 1.90. The van der Waals surface area contributed by atoms with Gasteiger partial charge in [-0.05, 0) is 65.2 Å². The second-order valence-electron chi connectivity index (χ2n) is 6.71. The first kappa shape index (κ1) is 20.6. The fourth-order valence-corrected chi connectivity index (χ4v) is 2.98. The van der Waals surface area contributed by atoms with Crippen LogP contribution < -0.4 is 16.8 Å². The average Bonchev–Trinajstić information content (AvgIpc) is 2.77. The number of ether oxygens (including phenoxy) is 1. The largest absolute Gasteiger partial charge is 0.465 e. The first-order valence-electron chi connectivity index (χ1n) is 9.18. The lowest BCUT2D eigenvalue weighted by atomic mass is 9.98. The molecule has 0 atom stereocenters. The molecule has 0 aliphatic heterocycles. The van der Waals surface area contributed by atoms with Crippen LogP contribution in [0.1, 0.15) is 31.8 Å². The summed E-state index contributed by atoms with van der Waals surface area (Å²) in [6, 6.07) is 19.0. The van der Waals surface area contributed by atoms with E-state index in [1.807, 2.05) is 12.1 Å². The molecule has 6 N–H and O–H groups in total. The number of esters is 1. The number of nitrogen functional groups attached to an aromatic ring is 2. The van der Waals surface area contributed by atoms with Crippen LogP contribution >= 0.6 is 0 Å². The van der Waals surface area contributed by atoms with E-state index in [2.05, 4.69) is 5.32 Å². The van der Waals surface area contributed by atoms with Gasteiger partial charge in [0.2, 0.25) is 0 Å². The molecule has 0 heterocycles. The van der Waals surface area contributed by atoms with E-state index in [4.69, 9.17) is 21.6 Å². The Labute approximate surface area is 174 Å². The minimum atomic E-state index is -0.481. The van der Waals surface area contributed by atoms with Crippen molar-refractivity contribution in [2.75, 3.05) is 12.8 Å². The van der Waals surface area contributed by atoms with Crippen molar-refractivity contribution in [3.8, 4) is 11.1 Å². The van der Waals surface area contributed by atoms with Crippen molar-refractivity contribution in [1.82, 2.24) is 5.32 Å². The first-order valence-corrected chi connectivity index (χ1v) is 9.18. The summed E-state index contributed by atoms with van der Waals surface area (Å²) in [5.74, 6) is -0.777. The van der Waals surface area contributed by atoms with Crippen LogP contribution in [0, 0.1) is 5.41 Å². The predicted octanol–water partition coefficient (Wildman–Crippen LogP) is 2.94. The maximum absolute atomic E-state index is 12.4. The van der Waals surface area contributed by atoms with Crippen molar-refractivity contribution < 1.29 is 14.3 Å². The predicted molar refractivity (Wildman–Crippen MR) is 116 cm³/mol. The topological polar surface area (TPSA) is 131 Å². The molecule has 0 aromatic heterocycles. The van der Waals surface area contributed by atoms with Crippen LogP contribution in [-0.2, 0) is 11.3 Å². The SMILES string of the molecule is COC(=O)c1cc(CNC(=O)c2ccc(N)cc2)cc(-c2cccc(C(=N)N)c2)c1. The maximum Gasteiger partial charge on any atom is 0.337 e. The van der Waals surface area contributed by atoms with E-state index in [1.165, 1.54) is 7.11 Å². The summed E-state index contributed by atoms with van der Waals surface area (Å²) in [6.07, 6.45) is 0. The van der Waals surface area contributed by atoms with Crippen molar-refractivity contribution in [3.63, 3.8) is 0 Å². The molecule has 0 bridgehead atoms. The summed E-state index contributed by atoms with van der Waals surface area (Å²) < 4.78 is 4.86. The standard InChI is InChI=1S/C23H22N4O3/c1-30-23(29)19-10-14(13-27-22(28)15-5-7-20(24)8-6-15)9-18(12-19)16-3-2-4-17(11-16)21(25)26/h2-12H,13,24H2,1H3,(H3,25,26)(H,27,28). The number of carbonyl (C=O) groups is 2. The normalized spacial score (nSPS) is 10.3. The van der Waals surface area contributed by atoms with Crippen LogP contribution in [-0.4, -0.2) is 24.8 Å². The minimum absolute atomic E-state index is 0.0445. The number of hydrogen-bond acceptors (Lipinski definition) is 5. The number of hydrogen-bond donors (Lipinski definition) is 4. The second kappa shape index (κ2) is 8.91. The highest BCUT2D eigenvalue weighted by atomic mass is 16.5. The molecule has 7 nitrogen and oxygen atoms in total. The molecular formula is C23H22N4O3. The van der Waals surface area contributed by atoms with E-state index < -0.39 is 5.97 Å². The van der Waals surface area contributed by atoms with E-state index in [0.717, 1.165) is 16.7 Å². The Hall–Kier alpha value is -4.13. The van der Waals surface area contributed by atoms with Crippen LogP contribution in [0.15, 0.2) is 66.7 Å². The molecule has 152 valence electrons. The lowest BCUT2D eigenvalue weighted by Crippen LogP contribution is -2.23. The number of amidine groups is 1. The van der Waals surface area contributed by atoms with Gasteiger partial charge in [-0.25, -0.2) is 4.79 Å². The van der Waals surface area contributed by atoms with Crippen molar-refractivity contribution in [1.29, 1.82) is 5.41 Å². The summed E-state index contributed by atoms with van der Waals surface area (Å²) in [5.41, 5.74) is 15.5. The molecule has 0 unspecified atom stereocenters. The molecule has 0 fully saturated rings. The highest BCUT2D eigenvalue weighted by Crippen LogP contribution is 2.24. The molecule has 7 heteroatoms. The third kappa shape index (κ3) is 4.82. The van der Waals surface area contributed by atoms with Crippen LogP contribution in [0.2, 0.25) is 0 Å². The lowest BCUT2D eigenvalue weighted by molar-refractivity contribution is 0.0600. The summed E-state index contributed by atoms with van der Waals surface area (Å²) in [6.45, 7) is 0.216. The number of methoxy groups -OCH3 is 1. The van der Waals surface area contributed by atoms with E-state index in [0.29, 0.717) is 22.4 Å². The van der Waals surface area contributed by atoms with Gasteiger partial charge < -0.3 is 21.5 Å². The highest BCUT2D eigenvalue weighted by Gasteiger charge is 2.12. The molecule has 0 spiro atoms. The summed E-state index contributed by atoms with van der Waals surface area (Å²) in [7, 11) is 1.31. The third-order valence-corrected chi connectivity index (χ3v) is 4.55. The first-order chi connectivity index (χ1) is 14.4. The average molecular weight is 402 g/mol. The summed E-state index contributed by atoms with van der Waals surface area (Å²) in [5, 5.41) is 10.5. The van der Waals surface area contributed by atoms with Crippen LogP contribution in [0.4, 0.5) is 5.69 Å². The number of nitrogens with two attached hydrogens (primary N) is 2. The number of rotatable bonds is 6. The monoisotopic (exact) mass is 402 g/mol. The number of anilines is 1. The number of amides is 1. The van der Waals surface area contributed by atoms with Gasteiger partial charge in [-0.2, -0.15) is 0 Å². The molecule has 0 radical (unpaired) electrons. The zero-order valence-electron chi connectivity index (χ0n) is 16.4. The molecule has 3 rings (SSSR count). The summed E-state index contributed by atoms with van der Waals surface area (Å²) in [4.78, 5) is 24.5. The third-order valence-electron chi connectivity index (χ3n) is 4.55. The van der Waals surface area contributed by atoms with Crippen molar-refractivity contribution in [2.24, 2.45) is 5.73 Å². The molecular weight excluding hydrogens is 380 g/mol. The maximum atomic E-state index is 12.4. The minimum Gasteiger partial charge on any atom is -0.465 e. The Morgan fingerprint density at radius 1 is 0.933 bits per heavy atom. The van der Waals surface area contributed by atoms with Gasteiger partial charge in [-0.3, -0.25) is 10.2 Å². The zero-order valence-corrected chi connectivity index (χ0v) is 16.4. The second-order valence-corrected chi connectivity index (χ2v) is 6.71. The fraction of sp³-hybridized carbons (Fsp3) is 0.0870. The van der Waals surface area contributed by atoms with Crippen LogP contribution in [0.25, 0.3) is 11.1 Å². The van der Waals surface area contributed by atoms with E-state index in [9.17, 15) is 9.59 Å². The highest BCUT2D eigenvalue weighted by molar-refractivity contribution is 5.97. The lowest BCUT2D eigenvalue weighted by Gasteiger charge is -2.11. The van der Waals surface area contributed by atoms with Crippen molar-refractivity contribution in [3.05, 3.63) is 89.0 Å².